The molecule has 0 atom stereocenters. The maximum atomic E-state index is 12.3. The third-order valence-electron chi connectivity index (χ3n) is 3.79. The molecule has 0 aliphatic rings. The smallest absolute Gasteiger partial charge is 0.257 e. The number of carbonyl (C=O) groups is 1. The summed E-state index contributed by atoms with van der Waals surface area (Å²) in [6.45, 7) is 4.76. The normalized spacial score (nSPS) is 10.3. The van der Waals surface area contributed by atoms with Crippen LogP contribution in [0.4, 0.5) is 5.69 Å². The van der Waals surface area contributed by atoms with Gasteiger partial charge in [-0.1, -0.05) is 37.4 Å². The second-order valence-electron chi connectivity index (χ2n) is 5.95. The topological polar surface area (TPSA) is 50.4 Å². The fraction of sp³-hybridized carbons (Fsp3) is 0.300. The number of halogens is 1. The van der Waals surface area contributed by atoms with Gasteiger partial charge in [0, 0.05) is 16.3 Å². The molecule has 0 fully saturated rings. The first kappa shape index (κ1) is 20.2. The minimum Gasteiger partial charge on any atom is -0.494 e. The van der Waals surface area contributed by atoms with E-state index in [2.05, 4.69) is 17.6 Å². The molecule has 2 aromatic rings. The molecular weight excluding hydrogens is 368 g/mol. The summed E-state index contributed by atoms with van der Waals surface area (Å²) in [6, 6.07) is 12.5. The van der Waals surface area contributed by atoms with Crippen molar-refractivity contribution in [3.63, 3.8) is 0 Å². The van der Waals surface area contributed by atoms with Crippen LogP contribution < -0.4 is 15.4 Å². The molecule has 0 saturated carbocycles. The number of benzene rings is 2. The number of unbranched alkanes of at least 4 members (excludes halogenated alkanes) is 2. The molecule has 0 aliphatic carbocycles. The fourth-order valence-electron chi connectivity index (χ4n) is 2.25. The molecule has 2 aromatic carbocycles. The quantitative estimate of drug-likeness (QED) is 0.494. The fourth-order valence-corrected chi connectivity index (χ4v) is 2.64. The van der Waals surface area contributed by atoms with E-state index in [9.17, 15) is 4.79 Å². The largest absolute Gasteiger partial charge is 0.494 e. The van der Waals surface area contributed by atoms with Crippen molar-refractivity contribution in [1.82, 2.24) is 5.32 Å². The Labute approximate surface area is 164 Å². The highest BCUT2D eigenvalue weighted by Crippen LogP contribution is 2.20. The minimum atomic E-state index is -0.279. The van der Waals surface area contributed by atoms with E-state index in [1.165, 1.54) is 0 Å². The Morgan fingerprint density at radius 1 is 1.15 bits per heavy atom. The molecule has 0 radical (unpaired) electrons. The summed E-state index contributed by atoms with van der Waals surface area (Å²) in [5, 5.41) is 6.46. The standard InChI is InChI=1S/C20H23ClN2O2S/c1-3-4-5-12-25-17-10-7-15(8-11-17)19(24)23-20(26)22-16-9-6-14(2)18(21)13-16/h6-11,13H,3-5,12H2,1-2H3,(H2,22,23,24,26). The molecule has 4 nitrogen and oxygen atoms in total. The third-order valence-corrected chi connectivity index (χ3v) is 4.40. The summed E-state index contributed by atoms with van der Waals surface area (Å²) in [5.41, 5.74) is 2.21. The van der Waals surface area contributed by atoms with Gasteiger partial charge in [-0.2, -0.15) is 0 Å². The zero-order valence-corrected chi connectivity index (χ0v) is 16.5. The Morgan fingerprint density at radius 3 is 2.54 bits per heavy atom. The lowest BCUT2D eigenvalue weighted by Crippen LogP contribution is -2.34. The first-order chi connectivity index (χ1) is 12.5. The molecule has 0 unspecified atom stereocenters. The van der Waals surface area contributed by atoms with Gasteiger partial charge in [-0.3, -0.25) is 10.1 Å². The van der Waals surface area contributed by atoms with Gasteiger partial charge in [0.05, 0.1) is 6.61 Å². The van der Waals surface area contributed by atoms with Gasteiger partial charge < -0.3 is 10.1 Å². The molecule has 2 N–H and O–H groups in total. The number of hydrogen-bond acceptors (Lipinski definition) is 3. The van der Waals surface area contributed by atoms with E-state index < -0.39 is 0 Å². The van der Waals surface area contributed by atoms with Crippen LogP contribution in [0.25, 0.3) is 0 Å². The SMILES string of the molecule is CCCCCOc1ccc(C(=O)NC(=S)Nc2ccc(C)c(Cl)c2)cc1. The number of anilines is 1. The molecule has 26 heavy (non-hydrogen) atoms. The predicted molar refractivity (Wildman–Crippen MR) is 111 cm³/mol. The van der Waals surface area contributed by atoms with Crippen molar-refractivity contribution in [2.45, 2.75) is 33.1 Å². The summed E-state index contributed by atoms with van der Waals surface area (Å²) >= 11 is 11.3. The minimum absolute atomic E-state index is 0.217. The molecule has 0 spiro atoms. The number of thiocarbonyl (C=S) groups is 1. The monoisotopic (exact) mass is 390 g/mol. The van der Waals surface area contributed by atoms with Crippen molar-refractivity contribution in [3.05, 3.63) is 58.6 Å². The molecule has 6 heteroatoms. The number of amides is 1. The van der Waals surface area contributed by atoms with Gasteiger partial charge in [0.2, 0.25) is 0 Å². The number of aryl methyl sites for hydroxylation is 1. The Kier molecular flexibility index (Phi) is 7.88. The Hall–Kier alpha value is -2.11. The van der Waals surface area contributed by atoms with Crippen LogP contribution in [-0.4, -0.2) is 17.6 Å². The van der Waals surface area contributed by atoms with Gasteiger partial charge in [-0.25, -0.2) is 0 Å². The molecule has 0 bridgehead atoms. The summed E-state index contributed by atoms with van der Waals surface area (Å²) < 4.78 is 5.64. The van der Waals surface area contributed by atoms with Crippen molar-refractivity contribution in [3.8, 4) is 5.75 Å². The number of carbonyl (C=O) groups excluding carboxylic acids is 1. The second-order valence-corrected chi connectivity index (χ2v) is 6.77. The summed E-state index contributed by atoms with van der Waals surface area (Å²) in [7, 11) is 0. The van der Waals surface area contributed by atoms with E-state index in [0.29, 0.717) is 17.2 Å². The van der Waals surface area contributed by atoms with Crippen molar-refractivity contribution in [2.24, 2.45) is 0 Å². The van der Waals surface area contributed by atoms with Crippen molar-refractivity contribution in [2.75, 3.05) is 11.9 Å². The van der Waals surface area contributed by atoms with E-state index in [1.54, 1.807) is 30.3 Å². The summed E-state index contributed by atoms with van der Waals surface area (Å²) in [5.74, 6) is 0.478. The van der Waals surface area contributed by atoms with E-state index in [1.807, 2.05) is 19.1 Å². The first-order valence-electron chi connectivity index (χ1n) is 8.61. The highest BCUT2D eigenvalue weighted by molar-refractivity contribution is 7.80. The van der Waals surface area contributed by atoms with Gasteiger partial charge >= 0.3 is 0 Å². The maximum absolute atomic E-state index is 12.3. The predicted octanol–water partition coefficient (Wildman–Crippen LogP) is 5.34. The molecule has 1 amide bonds. The molecule has 2 rings (SSSR count). The van der Waals surface area contributed by atoms with Crippen LogP contribution in [-0.2, 0) is 0 Å². The lowest BCUT2D eigenvalue weighted by molar-refractivity contribution is 0.0977. The van der Waals surface area contributed by atoms with Crippen molar-refractivity contribution in [1.29, 1.82) is 0 Å². The molecular formula is C20H23ClN2O2S. The zero-order valence-electron chi connectivity index (χ0n) is 15.0. The number of hydrogen-bond donors (Lipinski definition) is 2. The van der Waals surface area contributed by atoms with Crippen molar-refractivity contribution < 1.29 is 9.53 Å². The molecule has 0 aromatic heterocycles. The lowest BCUT2D eigenvalue weighted by atomic mass is 10.2. The van der Waals surface area contributed by atoms with Crippen LogP contribution in [0.2, 0.25) is 5.02 Å². The highest BCUT2D eigenvalue weighted by atomic mass is 35.5. The van der Waals surface area contributed by atoms with Gasteiger partial charge in [0.1, 0.15) is 5.75 Å². The zero-order chi connectivity index (χ0) is 18.9. The number of rotatable bonds is 7. The first-order valence-corrected chi connectivity index (χ1v) is 9.39. The van der Waals surface area contributed by atoms with Gasteiger partial charge in [0.25, 0.3) is 5.91 Å². The highest BCUT2D eigenvalue weighted by Gasteiger charge is 2.09. The maximum Gasteiger partial charge on any atom is 0.257 e. The van der Waals surface area contributed by atoms with Gasteiger partial charge in [-0.15, -0.1) is 0 Å². The van der Waals surface area contributed by atoms with Crippen LogP contribution in [0.1, 0.15) is 42.1 Å². The van der Waals surface area contributed by atoms with Crippen LogP contribution in [0, 0.1) is 6.92 Å². The third kappa shape index (κ3) is 6.32. The van der Waals surface area contributed by atoms with E-state index in [-0.39, 0.29) is 11.0 Å². The molecule has 0 saturated heterocycles. The van der Waals surface area contributed by atoms with Crippen LogP contribution >= 0.6 is 23.8 Å². The van der Waals surface area contributed by atoms with E-state index in [0.717, 1.165) is 36.3 Å². The van der Waals surface area contributed by atoms with Crippen LogP contribution in [0.3, 0.4) is 0 Å². The Balaban J connectivity index is 1.86. The molecule has 0 heterocycles. The van der Waals surface area contributed by atoms with Crippen LogP contribution in [0.15, 0.2) is 42.5 Å². The Bertz CT molecular complexity index is 763. The van der Waals surface area contributed by atoms with Gasteiger partial charge in [-0.05, 0) is 67.5 Å². The summed E-state index contributed by atoms with van der Waals surface area (Å²) in [6.07, 6.45) is 3.34. The van der Waals surface area contributed by atoms with Crippen molar-refractivity contribution >= 4 is 40.5 Å². The van der Waals surface area contributed by atoms with Gasteiger partial charge in [0.15, 0.2) is 5.11 Å². The molecule has 138 valence electrons. The Morgan fingerprint density at radius 2 is 1.88 bits per heavy atom. The second kappa shape index (κ2) is 10.1. The number of ether oxygens (including phenoxy) is 1. The average molecular weight is 391 g/mol. The van der Waals surface area contributed by atoms with Crippen LogP contribution in [0.5, 0.6) is 5.75 Å². The van der Waals surface area contributed by atoms with E-state index in [4.69, 9.17) is 28.6 Å². The number of nitrogens with one attached hydrogen (secondary N) is 2. The average Bonchev–Trinajstić information content (AvgIpc) is 2.62. The van der Waals surface area contributed by atoms with E-state index >= 15 is 0 Å². The molecule has 0 aliphatic heterocycles. The lowest BCUT2D eigenvalue weighted by Gasteiger charge is -2.11. The summed E-state index contributed by atoms with van der Waals surface area (Å²) in [4.78, 5) is 12.3.